The van der Waals surface area contributed by atoms with Gasteiger partial charge in [-0.15, -0.1) is 0 Å². The van der Waals surface area contributed by atoms with Crippen molar-refractivity contribution in [2.75, 3.05) is 13.2 Å². The van der Waals surface area contributed by atoms with Crippen LogP contribution in [0.1, 0.15) is 35.4 Å². The van der Waals surface area contributed by atoms with E-state index in [0.717, 1.165) is 27.8 Å². The van der Waals surface area contributed by atoms with E-state index in [1.54, 1.807) is 0 Å². The van der Waals surface area contributed by atoms with Crippen molar-refractivity contribution in [3.8, 4) is 11.1 Å². The maximum atomic E-state index is 12.4. The average molecular weight is 489 g/mol. The molecule has 0 fully saturated rings. The molecule has 8 nitrogen and oxygen atoms in total. The fourth-order valence-corrected chi connectivity index (χ4v) is 4.31. The molecule has 186 valence electrons. The van der Waals surface area contributed by atoms with Crippen LogP contribution < -0.4 is 10.6 Å². The van der Waals surface area contributed by atoms with Crippen molar-refractivity contribution < 1.29 is 29.0 Å². The highest BCUT2D eigenvalue weighted by atomic mass is 16.6. The molecule has 0 aromatic heterocycles. The highest BCUT2D eigenvalue weighted by Gasteiger charge is 2.29. The number of alkyl carbamates (subject to hydrolysis) is 2. The van der Waals surface area contributed by atoms with Crippen LogP contribution in [-0.4, -0.2) is 42.5 Å². The van der Waals surface area contributed by atoms with E-state index in [9.17, 15) is 19.5 Å². The number of carboxylic acids is 1. The Labute approximate surface area is 209 Å². The number of amides is 2. The van der Waals surface area contributed by atoms with Gasteiger partial charge in [0, 0.05) is 12.5 Å². The number of ether oxygens (including phenoxy) is 2. The van der Waals surface area contributed by atoms with Crippen molar-refractivity contribution in [2.45, 2.75) is 31.4 Å². The summed E-state index contributed by atoms with van der Waals surface area (Å²) < 4.78 is 10.6. The first-order valence-electron chi connectivity index (χ1n) is 11.8. The largest absolute Gasteiger partial charge is 0.480 e. The minimum Gasteiger partial charge on any atom is -0.480 e. The second-order valence-corrected chi connectivity index (χ2v) is 8.49. The van der Waals surface area contributed by atoms with Crippen LogP contribution in [0.15, 0.2) is 78.9 Å². The predicted octanol–water partition coefficient (Wildman–Crippen LogP) is 4.68. The second kappa shape index (κ2) is 11.9. The van der Waals surface area contributed by atoms with Gasteiger partial charge in [0.25, 0.3) is 0 Å². The van der Waals surface area contributed by atoms with Crippen molar-refractivity contribution in [2.24, 2.45) is 0 Å². The molecule has 0 saturated heterocycles. The summed E-state index contributed by atoms with van der Waals surface area (Å²) >= 11 is 0. The summed E-state index contributed by atoms with van der Waals surface area (Å²) in [6.45, 7) is 0.457. The third kappa shape index (κ3) is 6.21. The summed E-state index contributed by atoms with van der Waals surface area (Å²) in [6, 6.07) is 24.1. The molecule has 3 aromatic rings. The number of rotatable bonds is 10. The van der Waals surface area contributed by atoms with Gasteiger partial charge in [0.15, 0.2) is 0 Å². The minimum absolute atomic E-state index is 0.0982. The van der Waals surface area contributed by atoms with Crippen LogP contribution in [0.4, 0.5) is 9.59 Å². The van der Waals surface area contributed by atoms with Crippen LogP contribution in [0, 0.1) is 0 Å². The first-order valence-corrected chi connectivity index (χ1v) is 11.8. The molecule has 8 heteroatoms. The van der Waals surface area contributed by atoms with Gasteiger partial charge in [0.05, 0.1) is 0 Å². The summed E-state index contributed by atoms with van der Waals surface area (Å²) in [5.41, 5.74) is 5.24. The van der Waals surface area contributed by atoms with Crippen molar-refractivity contribution in [1.29, 1.82) is 0 Å². The molecule has 1 unspecified atom stereocenters. The highest BCUT2D eigenvalue weighted by Crippen LogP contribution is 2.44. The smallest absolute Gasteiger partial charge is 0.407 e. The Balaban J connectivity index is 1.21. The molecule has 0 spiro atoms. The number of carbonyl (C=O) groups is 3. The SMILES string of the molecule is O=C(NCCCC(NC(=O)OCC1c2ccccc2-c2ccccc21)C(=O)O)OCc1ccccc1. The molecular formula is C28H28N2O6. The number of carboxylic acid groups (broad SMARTS) is 1. The molecule has 1 aliphatic rings. The quantitative estimate of drug-likeness (QED) is 0.357. The lowest BCUT2D eigenvalue weighted by Crippen LogP contribution is -2.42. The van der Waals surface area contributed by atoms with Crippen LogP contribution in [0.2, 0.25) is 0 Å². The first-order chi connectivity index (χ1) is 17.5. The standard InChI is InChI=1S/C28H28N2O6/c31-26(32)25(15-8-16-29-27(33)35-17-19-9-2-1-3-10-19)30-28(34)36-18-24-22-13-6-4-11-20(22)21-12-5-7-14-23(21)24/h1-7,9-14,24-25H,8,15-18H2,(H,29,33)(H,30,34)(H,31,32). The van der Waals surface area contributed by atoms with E-state index >= 15 is 0 Å². The number of benzene rings is 3. The van der Waals surface area contributed by atoms with E-state index in [4.69, 9.17) is 9.47 Å². The molecule has 1 atom stereocenters. The molecule has 0 bridgehead atoms. The molecular weight excluding hydrogens is 460 g/mol. The Morgan fingerprint density at radius 1 is 0.806 bits per heavy atom. The monoisotopic (exact) mass is 488 g/mol. The summed E-state index contributed by atoms with van der Waals surface area (Å²) in [5.74, 6) is -1.28. The van der Waals surface area contributed by atoms with E-state index in [1.807, 2.05) is 78.9 Å². The Bertz CT molecular complexity index is 1170. The molecule has 0 radical (unpaired) electrons. The van der Waals surface area contributed by atoms with Crippen molar-refractivity contribution in [3.63, 3.8) is 0 Å². The summed E-state index contributed by atoms with van der Waals surface area (Å²) in [5, 5.41) is 14.5. The zero-order valence-electron chi connectivity index (χ0n) is 19.7. The van der Waals surface area contributed by atoms with Crippen LogP contribution in [0.5, 0.6) is 0 Å². The Kier molecular flexibility index (Phi) is 8.18. The summed E-state index contributed by atoms with van der Waals surface area (Å²) in [6.07, 6.45) is -0.922. The number of carbonyl (C=O) groups excluding carboxylic acids is 2. The fraction of sp³-hybridized carbons (Fsp3) is 0.250. The van der Waals surface area contributed by atoms with Crippen LogP contribution >= 0.6 is 0 Å². The normalized spacial score (nSPS) is 12.7. The van der Waals surface area contributed by atoms with Gasteiger partial charge in [-0.2, -0.15) is 0 Å². The molecule has 1 aliphatic carbocycles. The molecule has 3 N–H and O–H groups in total. The van der Waals surface area contributed by atoms with E-state index < -0.39 is 24.2 Å². The lowest BCUT2D eigenvalue weighted by Gasteiger charge is -2.17. The Morgan fingerprint density at radius 2 is 1.42 bits per heavy atom. The Morgan fingerprint density at radius 3 is 2.06 bits per heavy atom. The van der Waals surface area contributed by atoms with E-state index in [2.05, 4.69) is 10.6 Å². The van der Waals surface area contributed by atoms with Gasteiger partial charge in [0.2, 0.25) is 0 Å². The molecule has 0 heterocycles. The predicted molar refractivity (Wildman–Crippen MR) is 133 cm³/mol. The van der Waals surface area contributed by atoms with Gasteiger partial charge in [0.1, 0.15) is 19.3 Å². The first kappa shape index (κ1) is 24.8. The fourth-order valence-electron chi connectivity index (χ4n) is 4.31. The number of hydrogen-bond acceptors (Lipinski definition) is 5. The van der Waals surface area contributed by atoms with Crippen molar-refractivity contribution in [1.82, 2.24) is 10.6 Å². The number of nitrogens with one attached hydrogen (secondary N) is 2. The molecule has 3 aromatic carbocycles. The van der Waals surface area contributed by atoms with Gasteiger partial charge in [-0.05, 0) is 40.7 Å². The number of aliphatic carboxylic acids is 1. The third-order valence-electron chi connectivity index (χ3n) is 6.09. The second-order valence-electron chi connectivity index (χ2n) is 8.49. The lowest BCUT2D eigenvalue weighted by atomic mass is 9.98. The molecule has 36 heavy (non-hydrogen) atoms. The van der Waals surface area contributed by atoms with Gasteiger partial charge in [-0.25, -0.2) is 14.4 Å². The van der Waals surface area contributed by atoms with Crippen LogP contribution in [-0.2, 0) is 20.9 Å². The molecule has 4 rings (SSSR count). The highest BCUT2D eigenvalue weighted by molar-refractivity contribution is 5.81. The third-order valence-corrected chi connectivity index (χ3v) is 6.09. The van der Waals surface area contributed by atoms with Gasteiger partial charge in [-0.1, -0.05) is 78.9 Å². The summed E-state index contributed by atoms with van der Waals surface area (Å²) in [4.78, 5) is 35.9. The lowest BCUT2D eigenvalue weighted by molar-refractivity contribution is -0.139. The zero-order chi connectivity index (χ0) is 25.3. The topological polar surface area (TPSA) is 114 Å². The molecule has 2 amide bonds. The Hall–Kier alpha value is -4.33. The number of hydrogen-bond donors (Lipinski definition) is 3. The maximum absolute atomic E-state index is 12.4. The molecule has 0 saturated carbocycles. The zero-order valence-corrected chi connectivity index (χ0v) is 19.7. The van der Waals surface area contributed by atoms with E-state index in [-0.39, 0.29) is 32.1 Å². The minimum atomic E-state index is -1.17. The maximum Gasteiger partial charge on any atom is 0.407 e. The molecule has 0 aliphatic heterocycles. The summed E-state index contributed by atoms with van der Waals surface area (Å²) in [7, 11) is 0. The average Bonchev–Trinajstić information content (AvgIpc) is 3.22. The van der Waals surface area contributed by atoms with Gasteiger partial charge in [-0.3, -0.25) is 0 Å². The van der Waals surface area contributed by atoms with E-state index in [1.165, 1.54) is 0 Å². The van der Waals surface area contributed by atoms with Crippen LogP contribution in [0.3, 0.4) is 0 Å². The van der Waals surface area contributed by atoms with Crippen molar-refractivity contribution in [3.05, 3.63) is 95.6 Å². The van der Waals surface area contributed by atoms with E-state index in [0.29, 0.717) is 6.42 Å². The number of fused-ring (bicyclic) bond motifs is 3. The van der Waals surface area contributed by atoms with Gasteiger partial charge >= 0.3 is 18.2 Å². The van der Waals surface area contributed by atoms with Crippen molar-refractivity contribution >= 4 is 18.2 Å². The van der Waals surface area contributed by atoms with Crippen LogP contribution in [0.25, 0.3) is 11.1 Å². The van der Waals surface area contributed by atoms with Gasteiger partial charge < -0.3 is 25.2 Å².